The van der Waals surface area contributed by atoms with Crippen molar-refractivity contribution >= 4 is 17.8 Å². The van der Waals surface area contributed by atoms with Gasteiger partial charge in [-0.15, -0.1) is 0 Å². The molecule has 5 heteroatoms. The maximum atomic E-state index is 11.4. The lowest BCUT2D eigenvalue weighted by atomic mass is 10.0. The van der Waals surface area contributed by atoms with Gasteiger partial charge in [-0.05, 0) is 19.3 Å². The summed E-state index contributed by atoms with van der Waals surface area (Å²) in [7, 11) is 0. The van der Waals surface area contributed by atoms with Crippen LogP contribution < -0.4 is 0 Å². The fourth-order valence-corrected chi connectivity index (χ4v) is 1.87. The summed E-state index contributed by atoms with van der Waals surface area (Å²) in [6, 6.07) is 0. The van der Waals surface area contributed by atoms with E-state index < -0.39 is 11.4 Å². The first kappa shape index (κ1) is 10.1. The smallest absolute Gasteiger partial charge is 0.311 e. The van der Waals surface area contributed by atoms with Gasteiger partial charge in [-0.3, -0.25) is 19.3 Å². The normalized spacial score (nSPS) is 24.1. The van der Waals surface area contributed by atoms with Crippen molar-refractivity contribution in [1.82, 2.24) is 4.90 Å². The molecule has 0 bridgehead atoms. The molecule has 2 amide bonds. The number of amides is 2. The molecule has 2 aliphatic rings. The van der Waals surface area contributed by atoms with E-state index in [0.717, 1.165) is 4.90 Å². The highest BCUT2D eigenvalue weighted by atomic mass is 16.4. The number of carbonyl (C=O) groups is 3. The monoisotopic (exact) mass is 211 g/mol. The third-order valence-electron chi connectivity index (χ3n) is 3.15. The van der Waals surface area contributed by atoms with Crippen LogP contribution in [0.2, 0.25) is 0 Å². The predicted octanol–water partition coefficient (Wildman–Crippen LogP) is 0.390. The Bertz CT molecular complexity index is 316. The molecule has 0 aromatic rings. The van der Waals surface area contributed by atoms with Crippen molar-refractivity contribution in [2.24, 2.45) is 5.41 Å². The average molecular weight is 211 g/mol. The molecular formula is C10H13NO4. The molecule has 0 aromatic carbocycles. The number of rotatable bonds is 3. The van der Waals surface area contributed by atoms with Gasteiger partial charge in [0.05, 0.1) is 5.41 Å². The van der Waals surface area contributed by atoms with E-state index in [9.17, 15) is 14.4 Å². The van der Waals surface area contributed by atoms with Crippen LogP contribution in [0.25, 0.3) is 0 Å². The minimum absolute atomic E-state index is 0.0694. The average Bonchev–Trinajstić information content (AvgIpc) is 2.93. The highest BCUT2D eigenvalue weighted by Crippen LogP contribution is 2.46. The first-order valence-electron chi connectivity index (χ1n) is 5.12. The van der Waals surface area contributed by atoms with E-state index >= 15 is 0 Å². The minimum Gasteiger partial charge on any atom is -0.481 e. The standard InChI is InChI=1S/C10H13NO4/c12-7-2-1-3-8(13)11(7)6-10(4-5-10)9(14)15/h1-6H2,(H,14,15). The van der Waals surface area contributed by atoms with Gasteiger partial charge in [0.1, 0.15) is 0 Å². The highest BCUT2D eigenvalue weighted by molar-refractivity contribution is 5.98. The molecule has 0 spiro atoms. The fourth-order valence-electron chi connectivity index (χ4n) is 1.87. The van der Waals surface area contributed by atoms with Crippen LogP contribution in [0, 0.1) is 5.41 Å². The summed E-state index contributed by atoms with van der Waals surface area (Å²) in [5.41, 5.74) is -0.831. The molecule has 1 heterocycles. The second-order valence-electron chi connectivity index (χ2n) is 4.31. The number of piperidine rings is 1. The lowest BCUT2D eigenvalue weighted by molar-refractivity contribution is -0.152. The minimum atomic E-state index is -0.895. The van der Waals surface area contributed by atoms with Crippen molar-refractivity contribution < 1.29 is 19.5 Å². The fraction of sp³-hybridized carbons (Fsp3) is 0.700. The number of carboxylic acids is 1. The van der Waals surface area contributed by atoms with Crippen LogP contribution in [-0.4, -0.2) is 34.3 Å². The van der Waals surface area contributed by atoms with Gasteiger partial charge in [0.25, 0.3) is 0 Å². The van der Waals surface area contributed by atoms with E-state index in [1.54, 1.807) is 0 Å². The summed E-state index contributed by atoms with van der Waals surface area (Å²) in [6.45, 7) is 0.0694. The quantitative estimate of drug-likeness (QED) is 0.685. The van der Waals surface area contributed by atoms with Crippen LogP contribution in [0.3, 0.4) is 0 Å². The lowest BCUT2D eigenvalue weighted by Gasteiger charge is -2.27. The Morgan fingerprint density at radius 3 is 2.20 bits per heavy atom. The Kier molecular flexibility index (Phi) is 2.25. The lowest BCUT2D eigenvalue weighted by Crippen LogP contribution is -2.45. The van der Waals surface area contributed by atoms with E-state index in [1.807, 2.05) is 0 Å². The van der Waals surface area contributed by atoms with Crippen LogP contribution in [0.15, 0.2) is 0 Å². The van der Waals surface area contributed by atoms with E-state index in [1.165, 1.54) is 0 Å². The highest BCUT2D eigenvalue weighted by Gasteiger charge is 2.52. The molecule has 0 aromatic heterocycles. The van der Waals surface area contributed by atoms with E-state index in [4.69, 9.17) is 5.11 Å². The van der Waals surface area contributed by atoms with E-state index in [-0.39, 0.29) is 18.4 Å². The summed E-state index contributed by atoms with van der Waals surface area (Å²) in [4.78, 5) is 34.9. The first-order chi connectivity index (χ1) is 7.05. The molecule has 2 rings (SSSR count). The number of imide groups is 1. The Labute approximate surface area is 87.1 Å². The molecule has 15 heavy (non-hydrogen) atoms. The van der Waals surface area contributed by atoms with Crippen molar-refractivity contribution in [1.29, 1.82) is 0 Å². The van der Waals surface area contributed by atoms with Crippen molar-refractivity contribution in [3.8, 4) is 0 Å². The van der Waals surface area contributed by atoms with Gasteiger partial charge < -0.3 is 5.11 Å². The van der Waals surface area contributed by atoms with Crippen LogP contribution in [0.4, 0.5) is 0 Å². The Morgan fingerprint density at radius 2 is 1.80 bits per heavy atom. The van der Waals surface area contributed by atoms with Crippen LogP contribution >= 0.6 is 0 Å². The van der Waals surface area contributed by atoms with Crippen molar-refractivity contribution in [3.63, 3.8) is 0 Å². The zero-order valence-electron chi connectivity index (χ0n) is 8.36. The van der Waals surface area contributed by atoms with Crippen LogP contribution in [-0.2, 0) is 14.4 Å². The Morgan fingerprint density at radius 1 is 1.27 bits per heavy atom. The molecule has 0 radical (unpaired) electrons. The summed E-state index contributed by atoms with van der Waals surface area (Å²) < 4.78 is 0. The number of likely N-dealkylation sites (tertiary alicyclic amines) is 1. The summed E-state index contributed by atoms with van der Waals surface area (Å²) >= 11 is 0. The number of hydrogen-bond donors (Lipinski definition) is 1. The molecule has 5 nitrogen and oxygen atoms in total. The van der Waals surface area contributed by atoms with Crippen molar-refractivity contribution in [2.45, 2.75) is 32.1 Å². The zero-order valence-corrected chi connectivity index (χ0v) is 8.36. The zero-order chi connectivity index (χ0) is 11.1. The molecule has 1 N–H and O–H groups in total. The van der Waals surface area contributed by atoms with Gasteiger partial charge in [-0.25, -0.2) is 0 Å². The molecule has 82 valence electrons. The number of carbonyl (C=O) groups excluding carboxylic acids is 2. The predicted molar refractivity (Wildman–Crippen MR) is 49.9 cm³/mol. The molecule has 1 aliphatic heterocycles. The van der Waals surface area contributed by atoms with Crippen molar-refractivity contribution in [2.75, 3.05) is 6.54 Å². The third kappa shape index (κ3) is 1.73. The van der Waals surface area contributed by atoms with Gasteiger partial charge in [0.2, 0.25) is 11.8 Å². The number of nitrogens with zero attached hydrogens (tertiary/aromatic N) is 1. The van der Waals surface area contributed by atoms with Gasteiger partial charge in [-0.2, -0.15) is 0 Å². The van der Waals surface area contributed by atoms with E-state index in [0.29, 0.717) is 32.1 Å². The first-order valence-corrected chi connectivity index (χ1v) is 5.12. The van der Waals surface area contributed by atoms with Crippen molar-refractivity contribution in [3.05, 3.63) is 0 Å². The summed E-state index contributed by atoms with van der Waals surface area (Å²) in [5.74, 6) is -1.34. The third-order valence-corrected chi connectivity index (χ3v) is 3.15. The molecule has 1 aliphatic carbocycles. The van der Waals surface area contributed by atoms with Gasteiger partial charge in [-0.1, -0.05) is 0 Å². The van der Waals surface area contributed by atoms with Crippen LogP contribution in [0.1, 0.15) is 32.1 Å². The molecule has 1 saturated heterocycles. The number of hydrogen-bond acceptors (Lipinski definition) is 3. The van der Waals surface area contributed by atoms with Crippen LogP contribution in [0.5, 0.6) is 0 Å². The molecular weight excluding hydrogens is 198 g/mol. The molecule has 2 fully saturated rings. The molecule has 0 unspecified atom stereocenters. The SMILES string of the molecule is O=C1CCCC(=O)N1CC1(C(=O)O)CC1. The van der Waals surface area contributed by atoms with Gasteiger partial charge in [0.15, 0.2) is 0 Å². The van der Waals surface area contributed by atoms with Gasteiger partial charge >= 0.3 is 5.97 Å². The number of aliphatic carboxylic acids is 1. The maximum absolute atomic E-state index is 11.4. The largest absolute Gasteiger partial charge is 0.481 e. The van der Waals surface area contributed by atoms with Gasteiger partial charge in [0, 0.05) is 19.4 Å². The molecule has 1 saturated carbocycles. The maximum Gasteiger partial charge on any atom is 0.311 e. The summed E-state index contributed by atoms with van der Waals surface area (Å²) in [6.07, 6.45) is 2.45. The topological polar surface area (TPSA) is 74.7 Å². The summed E-state index contributed by atoms with van der Waals surface area (Å²) in [5, 5.41) is 8.96. The van der Waals surface area contributed by atoms with E-state index in [2.05, 4.69) is 0 Å². The Hall–Kier alpha value is -1.39. The Balaban J connectivity index is 2.07. The second kappa shape index (κ2) is 3.32. The molecule has 0 atom stereocenters. The second-order valence-corrected chi connectivity index (χ2v) is 4.31. The number of carboxylic acid groups (broad SMARTS) is 1.